The molecule has 0 aliphatic carbocycles. The summed E-state index contributed by atoms with van der Waals surface area (Å²) < 4.78 is 18.7. The Morgan fingerprint density at radius 2 is 2.20 bits per heavy atom. The van der Waals surface area contributed by atoms with Gasteiger partial charge < -0.3 is 9.84 Å². The van der Waals surface area contributed by atoms with Crippen molar-refractivity contribution in [2.24, 2.45) is 0 Å². The van der Waals surface area contributed by atoms with E-state index in [4.69, 9.17) is 4.74 Å². The van der Waals surface area contributed by atoms with Gasteiger partial charge in [0.1, 0.15) is 5.82 Å². The van der Waals surface area contributed by atoms with Gasteiger partial charge in [0.25, 0.3) is 0 Å². The zero-order valence-electron chi connectivity index (χ0n) is 8.74. The van der Waals surface area contributed by atoms with E-state index in [1.54, 1.807) is 0 Å². The number of rotatable bonds is 1. The lowest BCUT2D eigenvalue weighted by atomic mass is 9.98. The van der Waals surface area contributed by atoms with E-state index in [2.05, 4.69) is 0 Å². The molecule has 0 spiro atoms. The van der Waals surface area contributed by atoms with Gasteiger partial charge in [0.2, 0.25) is 0 Å². The maximum Gasteiger partial charge on any atom is 0.123 e. The largest absolute Gasteiger partial charge is 0.393 e. The average molecular weight is 210 g/mol. The van der Waals surface area contributed by atoms with Crippen molar-refractivity contribution in [2.45, 2.75) is 32.0 Å². The van der Waals surface area contributed by atoms with Crippen molar-refractivity contribution in [3.63, 3.8) is 0 Å². The van der Waals surface area contributed by atoms with Crippen molar-refractivity contribution in [3.8, 4) is 0 Å². The molecule has 1 saturated heterocycles. The Bertz CT molecular complexity index is 331. The van der Waals surface area contributed by atoms with Crippen LogP contribution in [0.5, 0.6) is 0 Å². The van der Waals surface area contributed by atoms with E-state index in [-0.39, 0.29) is 18.0 Å². The monoisotopic (exact) mass is 210 g/mol. The number of benzene rings is 1. The Kier molecular flexibility index (Phi) is 3.03. The fourth-order valence-corrected chi connectivity index (χ4v) is 1.96. The SMILES string of the molecule is Cc1cc(F)cc(C2CC(O)CCO2)c1. The molecule has 1 N–H and O–H groups in total. The molecule has 0 radical (unpaired) electrons. The molecule has 0 saturated carbocycles. The van der Waals surface area contributed by atoms with Gasteiger partial charge in [-0.1, -0.05) is 6.07 Å². The van der Waals surface area contributed by atoms with Crippen LogP contribution in [0, 0.1) is 12.7 Å². The van der Waals surface area contributed by atoms with Crippen molar-refractivity contribution in [1.82, 2.24) is 0 Å². The van der Waals surface area contributed by atoms with Crippen LogP contribution in [0.4, 0.5) is 4.39 Å². The Hall–Kier alpha value is -0.930. The summed E-state index contributed by atoms with van der Waals surface area (Å²) in [4.78, 5) is 0. The number of ether oxygens (including phenoxy) is 1. The molecule has 0 amide bonds. The Morgan fingerprint density at radius 3 is 2.87 bits per heavy atom. The van der Waals surface area contributed by atoms with Crippen LogP contribution in [0.3, 0.4) is 0 Å². The first-order valence-electron chi connectivity index (χ1n) is 5.22. The fourth-order valence-electron chi connectivity index (χ4n) is 1.96. The summed E-state index contributed by atoms with van der Waals surface area (Å²) in [6.07, 6.45) is 0.740. The second kappa shape index (κ2) is 4.29. The molecule has 1 fully saturated rings. The van der Waals surface area contributed by atoms with E-state index >= 15 is 0 Å². The Morgan fingerprint density at radius 1 is 1.40 bits per heavy atom. The van der Waals surface area contributed by atoms with Gasteiger partial charge in [-0.05, 0) is 36.6 Å². The summed E-state index contributed by atoms with van der Waals surface area (Å²) in [7, 11) is 0. The lowest BCUT2D eigenvalue weighted by molar-refractivity contribution is -0.0449. The number of hydrogen-bond acceptors (Lipinski definition) is 2. The lowest BCUT2D eigenvalue weighted by Gasteiger charge is -2.27. The van der Waals surface area contributed by atoms with Crippen LogP contribution in [-0.4, -0.2) is 17.8 Å². The van der Waals surface area contributed by atoms with Gasteiger partial charge in [-0.3, -0.25) is 0 Å². The van der Waals surface area contributed by atoms with Gasteiger partial charge in [0.05, 0.1) is 12.2 Å². The van der Waals surface area contributed by atoms with Crippen LogP contribution in [0.2, 0.25) is 0 Å². The predicted molar refractivity (Wildman–Crippen MR) is 55.1 cm³/mol. The van der Waals surface area contributed by atoms with E-state index in [0.717, 1.165) is 11.1 Å². The van der Waals surface area contributed by atoms with Crippen LogP contribution in [0.1, 0.15) is 30.1 Å². The molecule has 1 aromatic rings. The molecule has 1 heterocycles. The van der Waals surface area contributed by atoms with Crippen LogP contribution >= 0.6 is 0 Å². The fraction of sp³-hybridized carbons (Fsp3) is 0.500. The normalized spacial score (nSPS) is 26.6. The smallest absolute Gasteiger partial charge is 0.123 e. The van der Waals surface area contributed by atoms with E-state index in [1.807, 2.05) is 13.0 Å². The topological polar surface area (TPSA) is 29.5 Å². The standard InChI is InChI=1S/C12H15FO2/c1-8-4-9(6-10(13)5-8)12-7-11(14)2-3-15-12/h4-6,11-12,14H,2-3,7H2,1H3. The number of aryl methyl sites for hydroxylation is 1. The number of aliphatic hydroxyl groups is 1. The van der Waals surface area contributed by atoms with Gasteiger partial charge in [-0.2, -0.15) is 0 Å². The molecule has 2 nitrogen and oxygen atoms in total. The molecule has 1 aromatic carbocycles. The van der Waals surface area contributed by atoms with Crippen molar-refractivity contribution >= 4 is 0 Å². The second-order valence-corrected chi connectivity index (χ2v) is 4.10. The van der Waals surface area contributed by atoms with Gasteiger partial charge in [0.15, 0.2) is 0 Å². The molecular weight excluding hydrogens is 195 g/mol. The zero-order chi connectivity index (χ0) is 10.8. The second-order valence-electron chi connectivity index (χ2n) is 4.10. The maximum absolute atomic E-state index is 13.2. The summed E-state index contributed by atoms with van der Waals surface area (Å²) in [5.41, 5.74) is 1.71. The van der Waals surface area contributed by atoms with Gasteiger partial charge >= 0.3 is 0 Å². The molecule has 82 valence electrons. The molecule has 2 unspecified atom stereocenters. The first-order valence-corrected chi connectivity index (χ1v) is 5.22. The van der Waals surface area contributed by atoms with E-state index in [0.29, 0.717) is 19.4 Å². The molecule has 15 heavy (non-hydrogen) atoms. The quantitative estimate of drug-likeness (QED) is 0.771. The Balaban J connectivity index is 2.20. The molecule has 0 bridgehead atoms. The highest BCUT2D eigenvalue weighted by atomic mass is 19.1. The minimum Gasteiger partial charge on any atom is -0.393 e. The first kappa shape index (κ1) is 10.6. The third-order valence-corrected chi connectivity index (χ3v) is 2.69. The van der Waals surface area contributed by atoms with E-state index in [1.165, 1.54) is 12.1 Å². The van der Waals surface area contributed by atoms with Crippen molar-refractivity contribution < 1.29 is 14.2 Å². The molecule has 2 rings (SSSR count). The van der Waals surface area contributed by atoms with E-state index in [9.17, 15) is 9.50 Å². The van der Waals surface area contributed by atoms with Crippen LogP contribution in [0.25, 0.3) is 0 Å². The third-order valence-electron chi connectivity index (χ3n) is 2.69. The van der Waals surface area contributed by atoms with Gasteiger partial charge in [0, 0.05) is 13.0 Å². The highest BCUT2D eigenvalue weighted by molar-refractivity contribution is 5.25. The average Bonchev–Trinajstić information content (AvgIpc) is 2.16. The highest BCUT2D eigenvalue weighted by Crippen LogP contribution is 2.29. The number of aliphatic hydroxyl groups excluding tert-OH is 1. The molecule has 2 atom stereocenters. The van der Waals surface area contributed by atoms with Crippen molar-refractivity contribution in [2.75, 3.05) is 6.61 Å². The van der Waals surface area contributed by atoms with Crippen molar-refractivity contribution in [1.29, 1.82) is 0 Å². The molecule has 3 heteroatoms. The molecule has 0 aromatic heterocycles. The Labute approximate surface area is 88.7 Å². The van der Waals surface area contributed by atoms with Crippen molar-refractivity contribution in [3.05, 3.63) is 35.1 Å². The summed E-state index contributed by atoms with van der Waals surface area (Å²) in [5.74, 6) is -0.242. The maximum atomic E-state index is 13.2. The minimum atomic E-state index is -0.327. The molecule has 1 aliphatic rings. The third kappa shape index (κ3) is 2.55. The minimum absolute atomic E-state index is 0.164. The number of hydrogen-bond donors (Lipinski definition) is 1. The summed E-state index contributed by atoms with van der Waals surface area (Å²) in [6, 6.07) is 4.88. The highest BCUT2D eigenvalue weighted by Gasteiger charge is 2.22. The lowest BCUT2D eigenvalue weighted by Crippen LogP contribution is -2.23. The van der Waals surface area contributed by atoms with Crippen LogP contribution < -0.4 is 0 Å². The van der Waals surface area contributed by atoms with Crippen LogP contribution in [0.15, 0.2) is 18.2 Å². The number of halogens is 1. The summed E-state index contributed by atoms with van der Waals surface area (Å²) in [5, 5.41) is 9.51. The summed E-state index contributed by atoms with van der Waals surface area (Å²) >= 11 is 0. The predicted octanol–water partition coefficient (Wildman–Crippen LogP) is 2.35. The van der Waals surface area contributed by atoms with Gasteiger partial charge in [-0.15, -0.1) is 0 Å². The molecule has 1 aliphatic heterocycles. The molecular formula is C12H15FO2. The van der Waals surface area contributed by atoms with Crippen LogP contribution in [-0.2, 0) is 4.74 Å². The summed E-state index contributed by atoms with van der Waals surface area (Å²) in [6.45, 7) is 2.40. The zero-order valence-corrected chi connectivity index (χ0v) is 8.74. The van der Waals surface area contributed by atoms with Gasteiger partial charge in [-0.25, -0.2) is 4.39 Å². The first-order chi connectivity index (χ1) is 7.15. The van der Waals surface area contributed by atoms with E-state index < -0.39 is 0 Å².